The van der Waals surface area contributed by atoms with Crippen molar-refractivity contribution in [3.63, 3.8) is 0 Å². The third-order valence-corrected chi connectivity index (χ3v) is 2.28. The fourth-order valence-electron chi connectivity index (χ4n) is 1.46. The molecular weight excluding hydrogens is 264 g/mol. The van der Waals surface area contributed by atoms with E-state index in [-0.39, 0.29) is 0 Å². The number of hydrogen-bond acceptors (Lipinski definition) is 3. The summed E-state index contributed by atoms with van der Waals surface area (Å²) in [4.78, 5) is 3.81. The molecule has 0 spiro atoms. The van der Waals surface area contributed by atoms with Crippen LogP contribution in [-0.4, -0.2) is 11.3 Å². The Bertz CT molecular complexity index is 581. The SMILES string of the molecule is Nc1ccc(-c2ccc(OC(F)(F)F)c(F)c2)cn1. The normalized spacial score (nSPS) is 11.4. The molecule has 0 saturated heterocycles. The van der Waals surface area contributed by atoms with E-state index >= 15 is 0 Å². The molecule has 0 aliphatic rings. The molecule has 0 aliphatic carbocycles. The van der Waals surface area contributed by atoms with Crippen molar-refractivity contribution in [2.24, 2.45) is 0 Å². The van der Waals surface area contributed by atoms with Crippen LogP contribution in [0.2, 0.25) is 0 Å². The zero-order chi connectivity index (χ0) is 14.0. The van der Waals surface area contributed by atoms with Crippen molar-refractivity contribution in [3.05, 3.63) is 42.3 Å². The number of aromatic nitrogens is 1. The fourth-order valence-corrected chi connectivity index (χ4v) is 1.46. The van der Waals surface area contributed by atoms with Crippen LogP contribution >= 0.6 is 0 Å². The van der Waals surface area contributed by atoms with Crippen LogP contribution in [0.25, 0.3) is 11.1 Å². The molecule has 3 nitrogen and oxygen atoms in total. The van der Waals surface area contributed by atoms with Gasteiger partial charge in [0.15, 0.2) is 11.6 Å². The molecule has 2 rings (SSSR count). The summed E-state index contributed by atoms with van der Waals surface area (Å²) in [5.41, 5.74) is 6.31. The quantitative estimate of drug-likeness (QED) is 0.853. The van der Waals surface area contributed by atoms with Crippen LogP contribution in [0.3, 0.4) is 0 Å². The molecule has 0 amide bonds. The van der Waals surface area contributed by atoms with Crippen LogP contribution in [0.5, 0.6) is 5.75 Å². The number of nitrogen functional groups attached to an aromatic ring is 1. The molecule has 1 aromatic heterocycles. The molecular formula is C12H8F4N2O. The van der Waals surface area contributed by atoms with E-state index in [1.165, 1.54) is 18.3 Å². The standard InChI is InChI=1S/C12H8F4N2O/c13-9-5-7(8-2-4-11(17)18-6-8)1-3-10(9)19-12(14,15)16/h1-6H,(H2,17,18). The maximum atomic E-state index is 13.5. The number of pyridine rings is 1. The maximum Gasteiger partial charge on any atom is 0.573 e. The molecule has 0 fully saturated rings. The van der Waals surface area contributed by atoms with Crippen molar-refractivity contribution >= 4 is 5.82 Å². The summed E-state index contributed by atoms with van der Waals surface area (Å²) in [7, 11) is 0. The van der Waals surface area contributed by atoms with E-state index in [1.807, 2.05) is 0 Å². The Balaban J connectivity index is 2.31. The monoisotopic (exact) mass is 272 g/mol. The molecule has 2 N–H and O–H groups in total. The largest absolute Gasteiger partial charge is 0.573 e. The molecule has 100 valence electrons. The van der Waals surface area contributed by atoms with Gasteiger partial charge in [0.25, 0.3) is 0 Å². The lowest BCUT2D eigenvalue weighted by atomic mass is 10.1. The number of benzene rings is 1. The number of halogens is 4. The molecule has 0 bridgehead atoms. The summed E-state index contributed by atoms with van der Waals surface area (Å²) in [6.45, 7) is 0. The lowest BCUT2D eigenvalue weighted by Gasteiger charge is -2.10. The van der Waals surface area contributed by atoms with Gasteiger partial charge in [0.2, 0.25) is 0 Å². The number of anilines is 1. The summed E-state index contributed by atoms with van der Waals surface area (Å²) in [5.74, 6) is -1.69. The minimum absolute atomic E-state index is 0.293. The zero-order valence-electron chi connectivity index (χ0n) is 9.41. The molecule has 7 heteroatoms. The highest BCUT2D eigenvalue weighted by atomic mass is 19.4. The minimum atomic E-state index is -4.93. The highest BCUT2D eigenvalue weighted by Crippen LogP contribution is 2.29. The molecule has 2 aromatic rings. The van der Waals surface area contributed by atoms with Crippen molar-refractivity contribution in [2.45, 2.75) is 6.36 Å². The van der Waals surface area contributed by atoms with Crippen LogP contribution < -0.4 is 10.5 Å². The maximum absolute atomic E-state index is 13.5. The second kappa shape index (κ2) is 4.75. The topological polar surface area (TPSA) is 48.1 Å². The summed E-state index contributed by atoms with van der Waals surface area (Å²) in [6.07, 6.45) is -3.53. The molecule has 0 aliphatic heterocycles. The lowest BCUT2D eigenvalue weighted by Crippen LogP contribution is -2.17. The van der Waals surface area contributed by atoms with Crippen LogP contribution in [0, 0.1) is 5.82 Å². The smallest absolute Gasteiger partial charge is 0.403 e. The average Bonchev–Trinajstić information content (AvgIpc) is 2.31. The van der Waals surface area contributed by atoms with Gasteiger partial charge < -0.3 is 10.5 Å². The van der Waals surface area contributed by atoms with Crippen molar-refractivity contribution in [1.82, 2.24) is 4.98 Å². The van der Waals surface area contributed by atoms with E-state index in [2.05, 4.69) is 9.72 Å². The Labute approximate surface area is 105 Å². The van der Waals surface area contributed by atoms with Gasteiger partial charge in [-0.05, 0) is 29.8 Å². The summed E-state index contributed by atoms with van der Waals surface area (Å²) in [5, 5.41) is 0. The van der Waals surface area contributed by atoms with Gasteiger partial charge in [-0.3, -0.25) is 0 Å². The van der Waals surface area contributed by atoms with Crippen molar-refractivity contribution in [3.8, 4) is 16.9 Å². The number of ether oxygens (including phenoxy) is 1. The third kappa shape index (κ3) is 3.34. The van der Waals surface area contributed by atoms with Gasteiger partial charge in [-0.2, -0.15) is 0 Å². The molecule has 0 radical (unpaired) electrons. The second-order valence-electron chi connectivity index (χ2n) is 3.66. The van der Waals surface area contributed by atoms with Crippen LogP contribution in [-0.2, 0) is 0 Å². The molecule has 19 heavy (non-hydrogen) atoms. The third-order valence-electron chi connectivity index (χ3n) is 2.28. The van der Waals surface area contributed by atoms with Gasteiger partial charge in [0, 0.05) is 11.8 Å². The highest BCUT2D eigenvalue weighted by molar-refractivity contribution is 5.64. The van der Waals surface area contributed by atoms with Crippen LogP contribution in [0.4, 0.5) is 23.4 Å². The lowest BCUT2D eigenvalue weighted by molar-refractivity contribution is -0.275. The minimum Gasteiger partial charge on any atom is -0.403 e. The van der Waals surface area contributed by atoms with E-state index < -0.39 is 17.9 Å². The first-order valence-electron chi connectivity index (χ1n) is 5.12. The first kappa shape index (κ1) is 13.1. The van der Waals surface area contributed by atoms with E-state index in [9.17, 15) is 17.6 Å². The number of hydrogen-bond donors (Lipinski definition) is 1. The van der Waals surface area contributed by atoms with Gasteiger partial charge in [0.05, 0.1) is 0 Å². The molecule has 1 heterocycles. The molecule has 1 aromatic carbocycles. The Morgan fingerprint density at radius 1 is 1.05 bits per heavy atom. The first-order valence-corrected chi connectivity index (χ1v) is 5.12. The van der Waals surface area contributed by atoms with E-state index in [0.717, 1.165) is 12.1 Å². The summed E-state index contributed by atoms with van der Waals surface area (Å²) < 4.78 is 52.9. The predicted octanol–water partition coefficient (Wildman–Crippen LogP) is 3.37. The van der Waals surface area contributed by atoms with Crippen molar-refractivity contribution in [1.29, 1.82) is 0 Å². The number of rotatable bonds is 2. The van der Waals surface area contributed by atoms with E-state index in [4.69, 9.17) is 5.73 Å². The number of nitrogens with two attached hydrogens (primary N) is 1. The zero-order valence-corrected chi connectivity index (χ0v) is 9.41. The summed E-state index contributed by atoms with van der Waals surface area (Å²) in [6, 6.07) is 6.24. The predicted molar refractivity (Wildman–Crippen MR) is 60.7 cm³/mol. The van der Waals surface area contributed by atoms with Gasteiger partial charge in [0.1, 0.15) is 5.82 Å². The van der Waals surface area contributed by atoms with Crippen molar-refractivity contribution in [2.75, 3.05) is 5.73 Å². The van der Waals surface area contributed by atoms with E-state index in [0.29, 0.717) is 16.9 Å². The molecule has 0 unspecified atom stereocenters. The Hall–Kier alpha value is -2.31. The average molecular weight is 272 g/mol. The van der Waals surface area contributed by atoms with Crippen LogP contribution in [0.15, 0.2) is 36.5 Å². The molecule has 0 saturated carbocycles. The summed E-state index contributed by atoms with van der Waals surface area (Å²) >= 11 is 0. The Morgan fingerprint density at radius 3 is 2.26 bits per heavy atom. The number of nitrogens with zero attached hydrogens (tertiary/aromatic N) is 1. The van der Waals surface area contributed by atoms with E-state index in [1.54, 1.807) is 6.07 Å². The first-order chi connectivity index (χ1) is 8.85. The highest BCUT2D eigenvalue weighted by Gasteiger charge is 2.32. The van der Waals surface area contributed by atoms with Crippen LogP contribution in [0.1, 0.15) is 0 Å². The number of alkyl halides is 3. The second-order valence-corrected chi connectivity index (χ2v) is 3.66. The fraction of sp³-hybridized carbons (Fsp3) is 0.0833. The Kier molecular flexibility index (Phi) is 3.28. The van der Waals surface area contributed by atoms with Gasteiger partial charge in [-0.1, -0.05) is 6.07 Å². The van der Waals surface area contributed by atoms with Crippen molar-refractivity contribution < 1.29 is 22.3 Å². The van der Waals surface area contributed by atoms with Gasteiger partial charge >= 0.3 is 6.36 Å². The molecule has 0 atom stereocenters. The Morgan fingerprint density at radius 2 is 1.74 bits per heavy atom. The van der Waals surface area contributed by atoms with Gasteiger partial charge in [-0.25, -0.2) is 9.37 Å². The van der Waals surface area contributed by atoms with Gasteiger partial charge in [-0.15, -0.1) is 13.2 Å².